The van der Waals surface area contributed by atoms with Crippen molar-refractivity contribution in [2.45, 2.75) is 26.3 Å². The molecule has 0 fully saturated rings. The number of nitrogens with one attached hydrogen (secondary N) is 1. The molecule has 5 heteroatoms. The summed E-state index contributed by atoms with van der Waals surface area (Å²) in [4.78, 5) is 4.04. The Labute approximate surface area is 124 Å². The molecule has 3 aromatic rings. The molecular formula is C16H19N5. The lowest BCUT2D eigenvalue weighted by atomic mass is 10.1. The van der Waals surface area contributed by atoms with Gasteiger partial charge in [0.25, 0.3) is 0 Å². The smallest absolute Gasteiger partial charge is 0.156 e. The first kappa shape index (κ1) is 13.5. The van der Waals surface area contributed by atoms with Crippen molar-refractivity contribution in [1.82, 2.24) is 19.7 Å². The first-order chi connectivity index (χ1) is 10.3. The number of hydrogen-bond donors (Lipinski definition) is 1. The molecule has 21 heavy (non-hydrogen) atoms. The Morgan fingerprint density at radius 2 is 1.95 bits per heavy atom. The fourth-order valence-electron chi connectivity index (χ4n) is 2.41. The zero-order chi connectivity index (χ0) is 14.5. The van der Waals surface area contributed by atoms with Crippen LogP contribution in [0.2, 0.25) is 0 Å². The number of nitrogens with zero attached hydrogens (tertiary/aromatic N) is 4. The first-order valence-corrected chi connectivity index (χ1v) is 7.26. The van der Waals surface area contributed by atoms with Gasteiger partial charge in [0.05, 0.1) is 12.0 Å². The summed E-state index contributed by atoms with van der Waals surface area (Å²) in [5.74, 6) is 0.874. The van der Waals surface area contributed by atoms with Gasteiger partial charge in [-0.2, -0.15) is 5.10 Å². The first-order valence-electron chi connectivity index (χ1n) is 7.26. The molecule has 0 saturated heterocycles. The second-order valence-electron chi connectivity index (χ2n) is 5.11. The zero-order valence-electron chi connectivity index (χ0n) is 12.2. The molecule has 3 rings (SSSR count). The lowest BCUT2D eigenvalue weighted by Gasteiger charge is -2.09. The van der Waals surface area contributed by atoms with Gasteiger partial charge in [0.15, 0.2) is 5.82 Å². The maximum Gasteiger partial charge on any atom is 0.156 e. The van der Waals surface area contributed by atoms with Crippen LogP contribution < -0.4 is 5.32 Å². The van der Waals surface area contributed by atoms with Gasteiger partial charge in [-0.05, 0) is 19.8 Å². The van der Waals surface area contributed by atoms with Gasteiger partial charge in [0.2, 0.25) is 0 Å². The van der Waals surface area contributed by atoms with Crippen molar-refractivity contribution in [1.29, 1.82) is 0 Å². The molecule has 1 N–H and O–H groups in total. The third kappa shape index (κ3) is 3.18. The van der Waals surface area contributed by atoms with E-state index in [1.165, 1.54) is 0 Å². The highest BCUT2D eigenvalue weighted by molar-refractivity contribution is 5.92. The van der Waals surface area contributed by atoms with Gasteiger partial charge in [-0.1, -0.05) is 24.3 Å². The van der Waals surface area contributed by atoms with E-state index in [4.69, 9.17) is 0 Å². The summed E-state index contributed by atoms with van der Waals surface area (Å²) in [6.07, 6.45) is 7.85. The molecule has 0 atom stereocenters. The topological polar surface area (TPSA) is 55.6 Å². The normalized spacial score (nSPS) is 10.9. The van der Waals surface area contributed by atoms with Crippen molar-refractivity contribution in [3.8, 4) is 0 Å². The Kier molecular flexibility index (Phi) is 4.09. The quantitative estimate of drug-likeness (QED) is 0.706. The van der Waals surface area contributed by atoms with Gasteiger partial charge in [-0.25, -0.2) is 4.98 Å². The predicted molar refractivity (Wildman–Crippen MR) is 84.2 cm³/mol. The highest BCUT2D eigenvalue weighted by Crippen LogP contribution is 2.22. The van der Waals surface area contributed by atoms with Crippen molar-refractivity contribution < 1.29 is 0 Å². The van der Waals surface area contributed by atoms with E-state index in [0.717, 1.165) is 48.2 Å². The molecule has 0 bridgehead atoms. The minimum absolute atomic E-state index is 0.874. The van der Waals surface area contributed by atoms with Crippen molar-refractivity contribution in [3.05, 3.63) is 48.7 Å². The molecule has 5 nitrogen and oxygen atoms in total. The summed E-state index contributed by atoms with van der Waals surface area (Å²) in [6.45, 7) is 3.89. The zero-order valence-corrected chi connectivity index (χ0v) is 12.2. The number of benzene rings is 1. The fourth-order valence-corrected chi connectivity index (χ4v) is 2.41. The van der Waals surface area contributed by atoms with Crippen LogP contribution in [0.4, 0.5) is 5.82 Å². The SMILES string of the molecule is Cc1nnc(NCCCCn2ccnc2)c2ccccc12. The van der Waals surface area contributed by atoms with Crippen molar-refractivity contribution in [3.63, 3.8) is 0 Å². The Morgan fingerprint density at radius 3 is 2.76 bits per heavy atom. The van der Waals surface area contributed by atoms with E-state index >= 15 is 0 Å². The average Bonchev–Trinajstić information content (AvgIpc) is 3.03. The van der Waals surface area contributed by atoms with Gasteiger partial charge < -0.3 is 9.88 Å². The molecule has 0 spiro atoms. The minimum Gasteiger partial charge on any atom is -0.368 e. The summed E-state index contributed by atoms with van der Waals surface area (Å²) in [6, 6.07) is 8.24. The number of fused-ring (bicyclic) bond motifs is 1. The van der Waals surface area contributed by atoms with E-state index in [0.29, 0.717) is 0 Å². The van der Waals surface area contributed by atoms with Gasteiger partial charge in [-0.3, -0.25) is 0 Å². The third-order valence-electron chi connectivity index (χ3n) is 3.57. The van der Waals surface area contributed by atoms with Crippen LogP contribution in [0.15, 0.2) is 43.0 Å². The van der Waals surface area contributed by atoms with Gasteiger partial charge >= 0.3 is 0 Å². The van der Waals surface area contributed by atoms with Crippen molar-refractivity contribution in [2.75, 3.05) is 11.9 Å². The van der Waals surface area contributed by atoms with Gasteiger partial charge in [0.1, 0.15) is 0 Å². The lowest BCUT2D eigenvalue weighted by Crippen LogP contribution is -2.07. The summed E-state index contributed by atoms with van der Waals surface area (Å²) in [5.41, 5.74) is 0.969. The molecule has 2 aromatic heterocycles. The molecule has 2 heterocycles. The van der Waals surface area contributed by atoms with Crippen LogP contribution in [-0.4, -0.2) is 26.3 Å². The summed E-state index contributed by atoms with van der Waals surface area (Å²) < 4.78 is 2.10. The maximum absolute atomic E-state index is 4.28. The second-order valence-corrected chi connectivity index (χ2v) is 5.11. The molecule has 0 aliphatic rings. The molecule has 0 unspecified atom stereocenters. The number of unbranched alkanes of at least 4 members (excludes halogenated alkanes) is 1. The Morgan fingerprint density at radius 1 is 1.10 bits per heavy atom. The standard InChI is InChI=1S/C16H19N5/c1-13-14-6-2-3-7-15(14)16(20-19-13)18-8-4-5-10-21-11-9-17-12-21/h2-3,6-7,9,11-12H,4-5,8,10H2,1H3,(H,18,20). The molecular weight excluding hydrogens is 262 g/mol. The summed E-state index contributed by atoms with van der Waals surface area (Å²) in [7, 11) is 0. The number of imidazole rings is 1. The van der Waals surface area contributed by atoms with E-state index in [9.17, 15) is 0 Å². The Balaban J connectivity index is 1.57. The average molecular weight is 281 g/mol. The van der Waals surface area contributed by atoms with Gasteiger partial charge in [0, 0.05) is 36.3 Å². The third-order valence-corrected chi connectivity index (χ3v) is 3.57. The Hall–Kier alpha value is -2.43. The summed E-state index contributed by atoms with van der Waals surface area (Å²) in [5, 5.41) is 14.2. The van der Waals surface area contributed by atoms with Crippen molar-refractivity contribution >= 4 is 16.6 Å². The van der Waals surface area contributed by atoms with Crippen LogP contribution >= 0.6 is 0 Å². The number of hydrogen-bond acceptors (Lipinski definition) is 4. The second kappa shape index (κ2) is 6.35. The number of rotatable bonds is 6. The van der Waals surface area contributed by atoms with Gasteiger partial charge in [-0.15, -0.1) is 5.10 Å². The van der Waals surface area contributed by atoms with E-state index < -0.39 is 0 Å². The van der Waals surface area contributed by atoms with E-state index in [1.807, 2.05) is 37.8 Å². The number of anilines is 1. The highest BCUT2D eigenvalue weighted by Gasteiger charge is 2.05. The molecule has 0 amide bonds. The predicted octanol–water partition coefficient (Wildman–Crippen LogP) is 3.03. The lowest BCUT2D eigenvalue weighted by molar-refractivity contribution is 0.620. The van der Waals surface area contributed by atoms with E-state index in [-0.39, 0.29) is 0 Å². The highest BCUT2D eigenvalue weighted by atomic mass is 15.2. The van der Waals surface area contributed by atoms with Crippen LogP contribution in [-0.2, 0) is 6.54 Å². The molecule has 0 aliphatic carbocycles. The van der Waals surface area contributed by atoms with Crippen LogP contribution in [0.3, 0.4) is 0 Å². The van der Waals surface area contributed by atoms with E-state index in [1.54, 1.807) is 0 Å². The summed E-state index contributed by atoms with van der Waals surface area (Å²) >= 11 is 0. The molecule has 0 aliphatic heterocycles. The molecule has 108 valence electrons. The molecule has 0 saturated carbocycles. The van der Waals surface area contributed by atoms with Crippen molar-refractivity contribution in [2.24, 2.45) is 0 Å². The minimum atomic E-state index is 0.874. The van der Waals surface area contributed by atoms with Crippen LogP contribution in [0.25, 0.3) is 10.8 Å². The van der Waals surface area contributed by atoms with Crippen LogP contribution in [0, 0.1) is 6.92 Å². The monoisotopic (exact) mass is 281 g/mol. The molecule has 0 radical (unpaired) electrons. The maximum atomic E-state index is 4.28. The number of aryl methyl sites for hydroxylation is 2. The van der Waals surface area contributed by atoms with Crippen LogP contribution in [0.1, 0.15) is 18.5 Å². The largest absolute Gasteiger partial charge is 0.368 e. The van der Waals surface area contributed by atoms with E-state index in [2.05, 4.69) is 37.2 Å². The molecule has 1 aromatic carbocycles. The fraction of sp³-hybridized carbons (Fsp3) is 0.312. The van der Waals surface area contributed by atoms with Crippen LogP contribution in [0.5, 0.6) is 0 Å². The Bertz CT molecular complexity index is 706. The number of aromatic nitrogens is 4.